The van der Waals surface area contributed by atoms with Crippen LogP contribution in [-0.2, 0) is 10.2 Å². The van der Waals surface area contributed by atoms with Crippen molar-refractivity contribution in [2.75, 3.05) is 43.1 Å². The molecular formula is C28H38N8O3. The third kappa shape index (κ3) is 12.6. The third-order valence-corrected chi connectivity index (χ3v) is 4.93. The van der Waals surface area contributed by atoms with E-state index in [1.165, 1.54) is 6.92 Å². The van der Waals surface area contributed by atoms with E-state index in [0.717, 1.165) is 31.5 Å². The van der Waals surface area contributed by atoms with Crippen molar-refractivity contribution in [1.82, 2.24) is 20.0 Å². The lowest BCUT2D eigenvalue weighted by atomic mass is 9.93. The van der Waals surface area contributed by atoms with E-state index in [0.29, 0.717) is 28.8 Å². The third-order valence-electron chi connectivity index (χ3n) is 4.93. The molecule has 5 N–H and O–H groups in total. The zero-order valence-corrected chi connectivity index (χ0v) is 23.5. The van der Waals surface area contributed by atoms with Crippen molar-refractivity contribution in [2.24, 2.45) is 5.73 Å². The van der Waals surface area contributed by atoms with E-state index in [4.69, 9.17) is 4.52 Å². The summed E-state index contributed by atoms with van der Waals surface area (Å²) in [5, 5.41) is 12.6. The fourth-order valence-electron chi connectivity index (χ4n) is 3.02. The average molecular weight is 535 g/mol. The second kappa shape index (κ2) is 15.1. The summed E-state index contributed by atoms with van der Waals surface area (Å²) < 4.78 is 5.29. The Labute approximate surface area is 230 Å². The predicted molar refractivity (Wildman–Crippen MR) is 153 cm³/mol. The molecule has 3 rings (SSSR count). The summed E-state index contributed by atoms with van der Waals surface area (Å²) in [5.74, 6) is 7.45. The highest BCUT2D eigenvalue weighted by molar-refractivity contribution is 5.99. The van der Waals surface area contributed by atoms with Crippen LogP contribution in [0.2, 0.25) is 0 Å². The lowest BCUT2D eigenvalue weighted by Crippen LogP contribution is -2.19. The molecule has 0 saturated heterocycles. The molecular weight excluding hydrogens is 496 g/mol. The van der Waals surface area contributed by atoms with E-state index >= 15 is 0 Å². The van der Waals surface area contributed by atoms with Gasteiger partial charge in [-0.2, -0.15) is 0 Å². The molecule has 0 aliphatic rings. The first-order valence-corrected chi connectivity index (χ1v) is 12.6. The van der Waals surface area contributed by atoms with Gasteiger partial charge in [-0.15, -0.1) is 0 Å². The number of hydrogen-bond acceptors (Lipinski definition) is 8. The quantitative estimate of drug-likeness (QED) is 0.250. The van der Waals surface area contributed by atoms with Crippen LogP contribution in [0.5, 0.6) is 0 Å². The van der Waals surface area contributed by atoms with Gasteiger partial charge in [0.1, 0.15) is 5.76 Å². The second-order valence-corrected chi connectivity index (χ2v) is 10.1. The van der Waals surface area contributed by atoms with Crippen molar-refractivity contribution in [3.63, 3.8) is 0 Å². The number of urea groups is 1. The first kappa shape index (κ1) is 30.8. The van der Waals surface area contributed by atoms with Crippen LogP contribution in [0.1, 0.15) is 57.4 Å². The normalized spacial score (nSPS) is 10.5. The number of carbonyl (C=O) groups is 2. The SMILES string of the molecule is CC(N)=O.CN(C)CCCCNc1ncc(C#Cc2cccc(NC(=O)Nc3cc(C(C)(C)C)on3)c2)cn1. The minimum absolute atomic E-state index is 0.190. The van der Waals surface area contributed by atoms with Crippen molar-refractivity contribution < 1.29 is 14.1 Å². The van der Waals surface area contributed by atoms with Gasteiger partial charge in [0.05, 0.1) is 5.56 Å². The smallest absolute Gasteiger partial charge is 0.324 e. The van der Waals surface area contributed by atoms with Crippen molar-refractivity contribution in [1.29, 1.82) is 0 Å². The van der Waals surface area contributed by atoms with E-state index in [9.17, 15) is 9.59 Å². The van der Waals surface area contributed by atoms with Gasteiger partial charge in [0.25, 0.3) is 0 Å². The number of aromatic nitrogens is 3. The van der Waals surface area contributed by atoms with E-state index in [1.807, 2.05) is 32.9 Å². The molecule has 3 aromatic rings. The molecule has 2 heterocycles. The van der Waals surface area contributed by atoms with Gasteiger partial charge in [-0.05, 0) is 51.7 Å². The maximum Gasteiger partial charge on any atom is 0.324 e. The predicted octanol–water partition coefficient (Wildman–Crippen LogP) is 4.05. The number of primary amides is 1. The molecule has 0 atom stereocenters. The Hall–Kier alpha value is -4.43. The molecule has 0 aliphatic heterocycles. The van der Waals surface area contributed by atoms with Gasteiger partial charge >= 0.3 is 6.03 Å². The average Bonchev–Trinajstić information content (AvgIpc) is 3.32. The van der Waals surface area contributed by atoms with Crippen LogP contribution in [0.4, 0.5) is 22.2 Å². The number of anilines is 3. The molecule has 2 aromatic heterocycles. The van der Waals surface area contributed by atoms with E-state index in [1.54, 1.807) is 30.6 Å². The zero-order valence-electron chi connectivity index (χ0n) is 23.5. The fourth-order valence-corrected chi connectivity index (χ4v) is 3.02. The van der Waals surface area contributed by atoms with Gasteiger partial charge in [0, 0.05) is 48.6 Å². The lowest BCUT2D eigenvalue weighted by Gasteiger charge is -2.12. The first-order chi connectivity index (χ1) is 18.4. The Morgan fingerprint density at radius 3 is 2.31 bits per heavy atom. The van der Waals surface area contributed by atoms with Crippen LogP contribution in [0.15, 0.2) is 47.2 Å². The number of nitrogens with one attached hydrogen (secondary N) is 3. The van der Waals surface area contributed by atoms with Gasteiger partial charge in [-0.1, -0.05) is 43.8 Å². The van der Waals surface area contributed by atoms with Crippen LogP contribution in [0, 0.1) is 11.8 Å². The molecule has 11 heteroatoms. The van der Waals surface area contributed by atoms with E-state index < -0.39 is 6.03 Å². The van der Waals surface area contributed by atoms with Gasteiger partial charge in [0.15, 0.2) is 5.82 Å². The van der Waals surface area contributed by atoms with Crippen molar-refractivity contribution >= 4 is 29.4 Å². The molecule has 0 unspecified atom stereocenters. The van der Waals surface area contributed by atoms with Crippen LogP contribution in [-0.4, -0.2) is 59.1 Å². The summed E-state index contributed by atoms with van der Waals surface area (Å²) in [7, 11) is 4.14. The second-order valence-electron chi connectivity index (χ2n) is 10.1. The van der Waals surface area contributed by atoms with Crippen molar-refractivity contribution in [3.8, 4) is 11.8 Å². The summed E-state index contributed by atoms with van der Waals surface area (Å²) in [6.45, 7) is 9.24. The minimum Gasteiger partial charge on any atom is -0.370 e. The number of amides is 3. The number of nitrogens with zero attached hydrogens (tertiary/aromatic N) is 4. The maximum atomic E-state index is 12.3. The fraction of sp³-hybridized carbons (Fsp3) is 0.393. The molecule has 0 saturated carbocycles. The van der Waals surface area contributed by atoms with Gasteiger partial charge in [0.2, 0.25) is 11.9 Å². The monoisotopic (exact) mass is 534 g/mol. The summed E-state index contributed by atoms with van der Waals surface area (Å²) in [6, 6.07) is 8.58. The molecule has 0 aliphatic carbocycles. The molecule has 0 spiro atoms. The molecule has 3 amide bonds. The molecule has 39 heavy (non-hydrogen) atoms. The van der Waals surface area contributed by atoms with Gasteiger partial charge in [-0.25, -0.2) is 14.8 Å². The zero-order chi connectivity index (χ0) is 28.8. The molecule has 1 aromatic carbocycles. The molecule has 11 nitrogen and oxygen atoms in total. The highest BCUT2D eigenvalue weighted by atomic mass is 16.5. The number of carbonyl (C=O) groups excluding carboxylic acids is 2. The first-order valence-electron chi connectivity index (χ1n) is 12.6. The number of nitrogens with two attached hydrogens (primary N) is 1. The van der Waals surface area contributed by atoms with Crippen LogP contribution >= 0.6 is 0 Å². The topological polar surface area (TPSA) is 151 Å². The highest BCUT2D eigenvalue weighted by Crippen LogP contribution is 2.24. The maximum absolute atomic E-state index is 12.3. The summed E-state index contributed by atoms with van der Waals surface area (Å²) in [6.07, 6.45) is 5.57. The summed E-state index contributed by atoms with van der Waals surface area (Å²) in [4.78, 5) is 32.4. The van der Waals surface area contributed by atoms with Crippen molar-refractivity contribution in [2.45, 2.75) is 46.0 Å². The van der Waals surface area contributed by atoms with Gasteiger partial charge in [-0.3, -0.25) is 10.1 Å². The molecule has 208 valence electrons. The standard InChI is InChI=1S/C26H33N7O2.C2H5NO/c1-26(2,3)22-16-23(32-35-22)31-25(34)30-21-10-8-9-19(15-21)11-12-20-17-28-24(29-18-20)27-13-6-7-14-33(4)5;1-2(3)4/h8-10,15-18H,6-7,13-14H2,1-5H3,(H,27,28,29)(H2,30,31,32,34);1H3,(H2,3,4). The Morgan fingerprint density at radius 2 is 1.69 bits per heavy atom. The van der Waals surface area contributed by atoms with Crippen LogP contribution in [0.25, 0.3) is 0 Å². The Bertz CT molecular complexity index is 1260. The molecule has 0 fully saturated rings. The number of hydrogen-bond donors (Lipinski definition) is 4. The summed E-state index contributed by atoms with van der Waals surface area (Å²) >= 11 is 0. The molecule has 0 bridgehead atoms. The number of unbranched alkanes of at least 4 members (excludes halogenated alkanes) is 1. The van der Waals surface area contributed by atoms with Gasteiger partial charge < -0.3 is 25.8 Å². The Morgan fingerprint density at radius 1 is 1.03 bits per heavy atom. The minimum atomic E-state index is -0.415. The van der Waals surface area contributed by atoms with E-state index in [-0.39, 0.29) is 11.3 Å². The van der Waals surface area contributed by atoms with E-state index in [2.05, 4.69) is 67.6 Å². The highest BCUT2D eigenvalue weighted by Gasteiger charge is 2.20. The Balaban J connectivity index is 0.00000124. The van der Waals surface area contributed by atoms with Crippen LogP contribution < -0.4 is 21.7 Å². The molecule has 0 radical (unpaired) electrons. The van der Waals surface area contributed by atoms with Crippen LogP contribution in [0.3, 0.4) is 0 Å². The lowest BCUT2D eigenvalue weighted by molar-refractivity contribution is -0.115. The largest absolute Gasteiger partial charge is 0.370 e. The number of rotatable bonds is 8. The number of benzene rings is 1. The Kier molecular flexibility index (Phi) is 11.9. The summed E-state index contributed by atoms with van der Waals surface area (Å²) in [5.41, 5.74) is 6.35. The van der Waals surface area contributed by atoms with Crippen molar-refractivity contribution in [3.05, 3.63) is 59.6 Å².